The van der Waals surface area contributed by atoms with Gasteiger partial charge in [-0.25, -0.2) is 4.57 Å². The Morgan fingerprint density at radius 1 is 1.31 bits per heavy atom. The smallest absolute Gasteiger partial charge is 0.303 e. The lowest BCUT2D eigenvalue weighted by Gasteiger charge is -2.18. The molecule has 0 spiro atoms. The fourth-order valence-electron chi connectivity index (χ4n) is 1.37. The maximum atomic E-state index is 10.5. The standard InChI is InChI=1S/C8H19O4P/c1-4-8(5-2)6-7(3)12-13(9,10)11/h7-8H,4-6H2,1-3H3,(H2,9,10,11). The minimum absolute atomic E-state index is 0.370. The monoisotopic (exact) mass is 210 g/mol. The number of rotatable bonds is 6. The van der Waals surface area contributed by atoms with Crippen LogP contribution in [0, 0.1) is 5.92 Å². The van der Waals surface area contributed by atoms with E-state index in [-0.39, 0.29) is 6.10 Å². The third kappa shape index (κ3) is 7.20. The molecule has 0 heterocycles. The molecule has 2 N–H and O–H groups in total. The van der Waals surface area contributed by atoms with Gasteiger partial charge in [-0.05, 0) is 19.3 Å². The van der Waals surface area contributed by atoms with Crippen molar-refractivity contribution in [2.75, 3.05) is 0 Å². The summed E-state index contributed by atoms with van der Waals surface area (Å²) >= 11 is 0. The first-order valence-electron chi connectivity index (χ1n) is 4.63. The highest BCUT2D eigenvalue weighted by Gasteiger charge is 2.20. The molecule has 5 heteroatoms. The van der Waals surface area contributed by atoms with Crippen LogP contribution in [0.1, 0.15) is 40.0 Å². The van der Waals surface area contributed by atoms with E-state index in [1.807, 2.05) is 0 Å². The molecule has 0 rings (SSSR count). The number of phosphoric ester groups is 1. The van der Waals surface area contributed by atoms with Crippen LogP contribution >= 0.6 is 7.82 Å². The van der Waals surface area contributed by atoms with Crippen LogP contribution in [0.5, 0.6) is 0 Å². The molecule has 0 bridgehead atoms. The molecule has 0 radical (unpaired) electrons. The van der Waals surface area contributed by atoms with E-state index in [1.165, 1.54) is 0 Å². The lowest BCUT2D eigenvalue weighted by molar-refractivity contribution is 0.123. The first kappa shape index (κ1) is 13.1. The maximum absolute atomic E-state index is 10.5. The molecule has 0 aromatic heterocycles. The molecule has 0 aromatic carbocycles. The molecule has 0 aliphatic heterocycles. The van der Waals surface area contributed by atoms with Gasteiger partial charge in [0.25, 0.3) is 0 Å². The number of hydrogen-bond donors (Lipinski definition) is 2. The number of hydrogen-bond acceptors (Lipinski definition) is 2. The van der Waals surface area contributed by atoms with Crippen LogP contribution in [0.3, 0.4) is 0 Å². The molecular weight excluding hydrogens is 191 g/mol. The van der Waals surface area contributed by atoms with E-state index < -0.39 is 7.82 Å². The molecule has 0 aliphatic carbocycles. The predicted octanol–water partition coefficient (Wildman–Crippen LogP) is 2.31. The molecule has 0 aliphatic rings. The van der Waals surface area contributed by atoms with Gasteiger partial charge in [0.05, 0.1) is 6.10 Å². The lowest BCUT2D eigenvalue weighted by atomic mass is 9.97. The quantitative estimate of drug-likeness (QED) is 0.660. The predicted molar refractivity (Wildman–Crippen MR) is 51.3 cm³/mol. The average molecular weight is 210 g/mol. The van der Waals surface area contributed by atoms with Gasteiger partial charge in [0.15, 0.2) is 0 Å². The third-order valence-electron chi connectivity index (χ3n) is 2.14. The van der Waals surface area contributed by atoms with Crippen molar-refractivity contribution in [1.29, 1.82) is 0 Å². The Kier molecular flexibility index (Phi) is 5.81. The average Bonchev–Trinajstić information content (AvgIpc) is 1.96. The summed E-state index contributed by atoms with van der Waals surface area (Å²) in [5.41, 5.74) is 0. The Morgan fingerprint density at radius 3 is 2.08 bits per heavy atom. The van der Waals surface area contributed by atoms with Gasteiger partial charge >= 0.3 is 7.82 Å². The van der Waals surface area contributed by atoms with E-state index in [0.29, 0.717) is 12.3 Å². The topological polar surface area (TPSA) is 66.8 Å². The maximum Gasteiger partial charge on any atom is 0.469 e. The zero-order valence-corrected chi connectivity index (χ0v) is 9.33. The molecule has 13 heavy (non-hydrogen) atoms. The van der Waals surface area contributed by atoms with E-state index in [0.717, 1.165) is 12.8 Å². The van der Waals surface area contributed by atoms with Gasteiger partial charge < -0.3 is 9.79 Å². The van der Waals surface area contributed by atoms with Gasteiger partial charge in [0, 0.05) is 0 Å². The highest BCUT2D eigenvalue weighted by atomic mass is 31.2. The Hall–Kier alpha value is 0.110. The first-order valence-corrected chi connectivity index (χ1v) is 6.16. The van der Waals surface area contributed by atoms with Gasteiger partial charge in [-0.2, -0.15) is 0 Å². The van der Waals surface area contributed by atoms with Crippen molar-refractivity contribution in [1.82, 2.24) is 0 Å². The Morgan fingerprint density at radius 2 is 1.77 bits per heavy atom. The van der Waals surface area contributed by atoms with Gasteiger partial charge in [-0.1, -0.05) is 26.7 Å². The Bertz CT molecular complexity index is 173. The minimum Gasteiger partial charge on any atom is -0.303 e. The van der Waals surface area contributed by atoms with Crippen LogP contribution < -0.4 is 0 Å². The highest BCUT2D eigenvalue weighted by molar-refractivity contribution is 7.46. The summed E-state index contributed by atoms with van der Waals surface area (Å²) in [5.74, 6) is 0.488. The lowest BCUT2D eigenvalue weighted by Crippen LogP contribution is -2.12. The zero-order chi connectivity index (χ0) is 10.5. The van der Waals surface area contributed by atoms with Crippen molar-refractivity contribution in [2.24, 2.45) is 5.92 Å². The van der Waals surface area contributed by atoms with Gasteiger partial charge in [-0.3, -0.25) is 4.52 Å². The fraction of sp³-hybridized carbons (Fsp3) is 1.00. The molecule has 0 aromatic rings. The van der Waals surface area contributed by atoms with Crippen molar-refractivity contribution in [2.45, 2.75) is 46.1 Å². The summed E-state index contributed by atoms with van der Waals surface area (Å²) in [6.07, 6.45) is 2.38. The molecule has 0 amide bonds. The van der Waals surface area contributed by atoms with Gasteiger partial charge in [-0.15, -0.1) is 0 Å². The summed E-state index contributed by atoms with van der Waals surface area (Å²) in [6, 6.07) is 0. The zero-order valence-electron chi connectivity index (χ0n) is 8.43. The van der Waals surface area contributed by atoms with Gasteiger partial charge in [0.1, 0.15) is 0 Å². The third-order valence-corrected chi connectivity index (χ3v) is 2.77. The van der Waals surface area contributed by atoms with Crippen LogP contribution in [-0.2, 0) is 9.09 Å². The molecule has 1 unspecified atom stereocenters. The van der Waals surface area contributed by atoms with E-state index >= 15 is 0 Å². The summed E-state index contributed by atoms with van der Waals surface area (Å²) in [7, 11) is -4.30. The van der Waals surface area contributed by atoms with Crippen molar-refractivity contribution in [3.8, 4) is 0 Å². The van der Waals surface area contributed by atoms with Crippen molar-refractivity contribution >= 4 is 7.82 Å². The number of phosphoric acid groups is 1. The second-order valence-electron chi connectivity index (χ2n) is 3.32. The fourth-order valence-corrected chi connectivity index (χ4v) is 1.92. The Balaban J connectivity index is 3.85. The molecular formula is C8H19O4P. The van der Waals surface area contributed by atoms with Crippen LogP contribution in [0.2, 0.25) is 0 Å². The van der Waals surface area contributed by atoms with Crippen LogP contribution in [0.25, 0.3) is 0 Å². The van der Waals surface area contributed by atoms with E-state index in [9.17, 15) is 4.57 Å². The minimum atomic E-state index is -4.30. The summed E-state index contributed by atoms with van der Waals surface area (Å²) < 4.78 is 15.0. The van der Waals surface area contributed by atoms with Crippen LogP contribution in [0.15, 0.2) is 0 Å². The Labute approximate surface area is 79.5 Å². The van der Waals surface area contributed by atoms with Crippen LogP contribution in [-0.4, -0.2) is 15.9 Å². The molecule has 80 valence electrons. The molecule has 0 fully saturated rings. The van der Waals surface area contributed by atoms with Crippen LogP contribution in [0.4, 0.5) is 0 Å². The molecule has 1 atom stereocenters. The second-order valence-corrected chi connectivity index (χ2v) is 4.52. The van der Waals surface area contributed by atoms with Gasteiger partial charge in [0.2, 0.25) is 0 Å². The molecule has 0 saturated heterocycles. The van der Waals surface area contributed by atoms with E-state index in [4.69, 9.17) is 9.79 Å². The summed E-state index contributed by atoms with van der Waals surface area (Å²) in [5, 5.41) is 0. The van der Waals surface area contributed by atoms with E-state index in [2.05, 4.69) is 18.4 Å². The van der Waals surface area contributed by atoms with Crippen molar-refractivity contribution < 1.29 is 18.9 Å². The summed E-state index contributed by atoms with van der Waals surface area (Å²) in [4.78, 5) is 17.1. The highest BCUT2D eigenvalue weighted by Crippen LogP contribution is 2.38. The van der Waals surface area contributed by atoms with Crippen molar-refractivity contribution in [3.05, 3.63) is 0 Å². The van der Waals surface area contributed by atoms with Crippen molar-refractivity contribution in [3.63, 3.8) is 0 Å². The SMILES string of the molecule is CCC(CC)CC(C)OP(=O)(O)O. The van der Waals surface area contributed by atoms with E-state index in [1.54, 1.807) is 6.92 Å². The summed E-state index contributed by atoms with van der Waals surface area (Å²) in [6.45, 7) is 5.83. The molecule has 0 saturated carbocycles. The second kappa shape index (κ2) is 5.76. The largest absolute Gasteiger partial charge is 0.469 e. The molecule has 4 nitrogen and oxygen atoms in total. The normalized spacial score (nSPS) is 14.9. The first-order chi connectivity index (χ1) is 5.89.